The Kier molecular flexibility index (Phi) is 3.68. The van der Waals surface area contributed by atoms with E-state index >= 15 is 0 Å². The van der Waals surface area contributed by atoms with Crippen LogP contribution >= 0.6 is 12.4 Å². The molecule has 0 spiro atoms. The summed E-state index contributed by atoms with van der Waals surface area (Å²) in [6.45, 7) is 1.78. The van der Waals surface area contributed by atoms with Gasteiger partial charge in [-0.2, -0.15) is 0 Å². The maximum atomic E-state index is 11.8. The number of carbonyl (C=O) groups is 2. The minimum Gasteiger partial charge on any atom is -0.309 e. The number of rotatable bonds is 1. The number of carbonyl (C=O) groups excluding carboxylic acids is 2. The molecule has 1 aromatic carbocycles. The molecule has 0 radical (unpaired) electrons. The first-order valence-corrected chi connectivity index (χ1v) is 5.90. The topological polar surface area (TPSA) is 58.2 Å². The second kappa shape index (κ2) is 5.08. The van der Waals surface area contributed by atoms with Crippen molar-refractivity contribution >= 4 is 24.2 Å². The van der Waals surface area contributed by atoms with Crippen LogP contribution in [0.1, 0.15) is 35.4 Å². The van der Waals surface area contributed by atoms with E-state index in [1.807, 2.05) is 6.07 Å². The molecule has 4 nitrogen and oxygen atoms in total. The van der Waals surface area contributed by atoms with Crippen LogP contribution in [0.3, 0.4) is 0 Å². The molecule has 0 saturated carbocycles. The van der Waals surface area contributed by atoms with Crippen molar-refractivity contribution in [2.24, 2.45) is 0 Å². The number of benzene rings is 1. The summed E-state index contributed by atoms with van der Waals surface area (Å²) in [5.41, 5.74) is 3.60. The lowest BCUT2D eigenvalue weighted by Gasteiger charge is -2.21. The maximum absolute atomic E-state index is 11.8. The van der Waals surface area contributed by atoms with E-state index in [1.54, 1.807) is 0 Å². The molecule has 1 aromatic rings. The van der Waals surface area contributed by atoms with Gasteiger partial charge in [-0.05, 0) is 23.1 Å². The molecule has 2 N–H and O–H groups in total. The Morgan fingerprint density at radius 2 is 1.89 bits per heavy atom. The van der Waals surface area contributed by atoms with Gasteiger partial charge in [0.1, 0.15) is 0 Å². The van der Waals surface area contributed by atoms with Crippen LogP contribution in [-0.4, -0.2) is 11.8 Å². The Labute approximate surface area is 112 Å². The van der Waals surface area contributed by atoms with Crippen LogP contribution in [0.5, 0.6) is 0 Å². The first-order valence-electron chi connectivity index (χ1n) is 5.90. The lowest BCUT2D eigenvalue weighted by atomic mass is 9.89. The van der Waals surface area contributed by atoms with Gasteiger partial charge in [-0.25, -0.2) is 0 Å². The van der Waals surface area contributed by atoms with Crippen LogP contribution < -0.4 is 10.6 Å². The molecule has 96 valence electrons. The first kappa shape index (κ1) is 13.1. The highest BCUT2D eigenvalue weighted by atomic mass is 35.5. The van der Waals surface area contributed by atoms with Crippen molar-refractivity contribution in [3.63, 3.8) is 0 Å². The van der Waals surface area contributed by atoms with Crippen molar-refractivity contribution in [2.45, 2.75) is 31.8 Å². The van der Waals surface area contributed by atoms with Gasteiger partial charge in [-0.3, -0.25) is 14.9 Å². The van der Waals surface area contributed by atoms with Gasteiger partial charge in [0.15, 0.2) is 0 Å². The van der Waals surface area contributed by atoms with Crippen molar-refractivity contribution in [3.8, 4) is 0 Å². The van der Waals surface area contributed by atoms with Gasteiger partial charge in [0.05, 0.1) is 5.92 Å². The largest absolute Gasteiger partial charge is 0.309 e. The van der Waals surface area contributed by atoms with E-state index in [-0.39, 0.29) is 30.1 Å². The Bertz CT molecular complexity index is 502. The van der Waals surface area contributed by atoms with Crippen molar-refractivity contribution in [2.75, 3.05) is 0 Å². The number of amides is 2. The highest BCUT2D eigenvalue weighted by Gasteiger charge is 2.28. The Morgan fingerprint density at radius 3 is 2.67 bits per heavy atom. The minimum absolute atomic E-state index is 0. The quantitative estimate of drug-likeness (QED) is 0.752. The number of halogens is 1. The van der Waals surface area contributed by atoms with E-state index in [2.05, 4.69) is 22.8 Å². The van der Waals surface area contributed by atoms with Gasteiger partial charge >= 0.3 is 0 Å². The van der Waals surface area contributed by atoms with Crippen LogP contribution in [0.2, 0.25) is 0 Å². The fourth-order valence-corrected chi connectivity index (χ4v) is 2.54. The summed E-state index contributed by atoms with van der Waals surface area (Å²) in [5.74, 6) is -0.486. The predicted octanol–water partition coefficient (Wildman–Crippen LogP) is 1.23. The smallest absolute Gasteiger partial charge is 0.234 e. The average Bonchev–Trinajstić information content (AvgIpc) is 2.75. The van der Waals surface area contributed by atoms with Gasteiger partial charge in [-0.15, -0.1) is 12.4 Å². The molecule has 1 atom stereocenters. The Morgan fingerprint density at radius 1 is 1.11 bits per heavy atom. The van der Waals surface area contributed by atoms with Crippen LogP contribution in [0, 0.1) is 0 Å². The zero-order valence-electron chi connectivity index (χ0n) is 9.86. The maximum Gasteiger partial charge on any atom is 0.234 e. The average molecular weight is 267 g/mol. The monoisotopic (exact) mass is 266 g/mol. The summed E-state index contributed by atoms with van der Waals surface area (Å²) >= 11 is 0. The molecular formula is C13H15ClN2O2. The third-order valence-corrected chi connectivity index (χ3v) is 3.50. The summed E-state index contributed by atoms with van der Waals surface area (Å²) in [6, 6.07) is 6.18. The molecule has 2 aliphatic rings. The van der Waals surface area contributed by atoms with E-state index in [9.17, 15) is 9.59 Å². The number of nitrogens with one attached hydrogen (secondary N) is 2. The second-order valence-corrected chi connectivity index (χ2v) is 4.64. The normalized spacial score (nSPS) is 22.1. The van der Waals surface area contributed by atoms with Crippen LogP contribution in [-0.2, 0) is 22.7 Å². The van der Waals surface area contributed by atoms with Gasteiger partial charge in [0, 0.05) is 19.5 Å². The SMILES string of the molecule is Cl.O=C1CCC(c2ccc3c(c2)CNC3)C(=O)N1. The highest BCUT2D eigenvalue weighted by Crippen LogP contribution is 2.27. The standard InChI is InChI=1S/C13H14N2O2.ClH/c16-12-4-3-11(13(17)15-12)8-1-2-9-6-14-7-10(9)5-8;/h1-2,5,11,14H,3-4,6-7H2,(H,15,16,17);1H. The zero-order valence-corrected chi connectivity index (χ0v) is 10.7. The summed E-state index contributed by atoms with van der Waals surface area (Å²) in [5, 5.41) is 5.68. The number of piperidine rings is 1. The van der Waals surface area contributed by atoms with Crippen molar-refractivity contribution in [1.29, 1.82) is 0 Å². The first-order chi connectivity index (χ1) is 8.24. The van der Waals surface area contributed by atoms with E-state index in [0.717, 1.165) is 18.7 Å². The molecule has 5 heteroatoms. The van der Waals surface area contributed by atoms with E-state index < -0.39 is 0 Å². The zero-order chi connectivity index (χ0) is 11.8. The Balaban J connectivity index is 0.00000120. The molecule has 18 heavy (non-hydrogen) atoms. The molecule has 1 unspecified atom stereocenters. The fourth-order valence-electron chi connectivity index (χ4n) is 2.54. The van der Waals surface area contributed by atoms with Crippen LogP contribution in [0.25, 0.3) is 0 Å². The fraction of sp³-hybridized carbons (Fsp3) is 0.385. The van der Waals surface area contributed by atoms with Gasteiger partial charge < -0.3 is 5.32 Å². The molecule has 2 amide bonds. The Hall–Kier alpha value is -1.39. The van der Waals surface area contributed by atoms with E-state index in [4.69, 9.17) is 0 Å². The predicted molar refractivity (Wildman–Crippen MR) is 69.4 cm³/mol. The molecule has 3 rings (SSSR count). The van der Waals surface area contributed by atoms with Gasteiger partial charge in [0.25, 0.3) is 0 Å². The lowest BCUT2D eigenvalue weighted by molar-refractivity contribution is -0.134. The molecule has 0 aliphatic carbocycles. The number of fused-ring (bicyclic) bond motifs is 1. The number of hydrogen-bond acceptors (Lipinski definition) is 3. The van der Waals surface area contributed by atoms with Gasteiger partial charge in [0.2, 0.25) is 11.8 Å². The lowest BCUT2D eigenvalue weighted by Crippen LogP contribution is -2.39. The number of hydrogen-bond donors (Lipinski definition) is 2. The van der Waals surface area contributed by atoms with E-state index in [0.29, 0.717) is 12.8 Å². The van der Waals surface area contributed by atoms with Crippen LogP contribution in [0.4, 0.5) is 0 Å². The van der Waals surface area contributed by atoms with Gasteiger partial charge in [-0.1, -0.05) is 18.2 Å². The second-order valence-electron chi connectivity index (χ2n) is 4.64. The summed E-state index contributed by atoms with van der Waals surface area (Å²) in [4.78, 5) is 22.9. The molecule has 0 bridgehead atoms. The number of imide groups is 1. The molecule has 1 fully saturated rings. The van der Waals surface area contributed by atoms with Crippen LogP contribution in [0.15, 0.2) is 18.2 Å². The molecular weight excluding hydrogens is 252 g/mol. The molecule has 0 aromatic heterocycles. The third kappa shape index (κ3) is 2.26. The van der Waals surface area contributed by atoms with Crippen molar-refractivity contribution in [3.05, 3.63) is 34.9 Å². The summed E-state index contributed by atoms with van der Waals surface area (Å²) < 4.78 is 0. The van der Waals surface area contributed by atoms with E-state index in [1.165, 1.54) is 11.1 Å². The summed E-state index contributed by atoms with van der Waals surface area (Å²) in [7, 11) is 0. The van der Waals surface area contributed by atoms with Crippen molar-refractivity contribution < 1.29 is 9.59 Å². The molecule has 2 aliphatic heterocycles. The molecule has 1 saturated heterocycles. The third-order valence-electron chi connectivity index (χ3n) is 3.50. The summed E-state index contributed by atoms with van der Waals surface area (Å²) in [6.07, 6.45) is 1.06. The minimum atomic E-state index is -0.168. The van der Waals surface area contributed by atoms with Crippen molar-refractivity contribution in [1.82, 2.24) is 10.6 Å². The molecule has 2 heterocycles. The highest BCUT2D eigenvalue weighted by molar-refractivity contribution is 6.00.